The van der Waals surface area contributed by atoms with Crippen LogP contribution in [0.2, 0.25) is 5.15 Å². The Bertz CT molecular complexity index is 504. The van der Waals surface area contributed by atoms with Gasteiger partial charge in [-0.1, -0.05) is 11.6 Å². The molecule has 5 nitrogen and oxygen atoms in total. The Kier molecular flexibility index (Phi) is 3.39. The Morgan fingerprint density at radius 1 is 1.50 bits per heavy atom. The third kappa shape index (κ3) is 3.31. The number of anilines is 1. The van der Waals surface area contributed by atoms with Gasteiger partial charge in [0, 0.05) is 16.7 Å². The van der Waals surface area contributed by atoms with Gasteiger partial charge < -0.3 is 0 Å². The molecule has 88 valence electrons. The molecule has 1 heterocycles. The molecular weight excluding hydrogens is 318 g/mol. The second kappa shape index (κ2) is 4.48. The number of rotatable bonds is 4. The molecule has 1 saturated carbocycles. The molecule has 1 fully saturated rings. The summed E-state index contributed by atoms with van der Waals surface area (Å²) in [5, 5.41) is 0.115. The van der Waals surface area contributed by atoms with Crippen LogP contribution in [0.3, 0.4) is 0 Å². The van der Waals surface area contributed by atoms with E-state index in [1.165, 1.54) is 6.20 Å². The number of aromatic nitrogens is 1. The van der Waals surface area contributed by atoms with Crippen LogP contribution in [-0.2, 0) is 10.2 Å². The van der Waals surface area contributed by atoms with Crippen molar-refractivity contribution < 1.29 is 8.42 Å². The molecule has 0 aliphatic heterocycles. The molecule has 0 amide bonds. The second-order valence-electron chi connectivity index (χ2n) is 3.49. The van der Waals surface area contributed by atoms with Gasteiger partial charge in [0.2, 0.25) is 0 Å². The van der Waals surface area contributed by atoms with Crippen LogP contribution in [0.15, 0.2) is 16.7 Å². The number of hydrogen-bond donors (Lipinski definition) is 2. The first-order chi connectivity index (χ1) is 7.46. The zero-order chi connectivity index (χ0) is 11.8. The fraction of sp³-hybridized carbons (Fsp3) is 0.375. The predicted octanol–water partition coefficient (Wildman–Crippen LogP) is 1.91. The van der Waals surface area contributed by atoms with E-state index in [2.05, 4.69) is 30.4 Å². The smallest absolute Gasteiger partial charge is 0.268 e. The highest BCUT2D eigenvalue weighted by Crippen LogP contribution is 2.25. The van der Waals surface area contributed by atoms with Crippen LogP contribution < -0.4 is 9.44 Å². The zero-order valence-corrected chi connectivity index (χ0v) is 11.2. The maximum atomic E-state index is 11.6. The fourth-order valence-corrected chi connectivity index (χ4v) is 2.81. The van der Waals surface area contributed by atoms with E-state index < -0.39 is 10.2 Å². The first-order valence-corrected chi connectivity index (χ1v) is 7.23. The lowest BCUT2D eigenvalue weighted by molar-refractivity contribution is 0.586. The van der Waals surface area contributed by atoms with Gasteiger partial charge in [-0.05, 0) is 34.8 Å². The van der Waals surface area contributed by atoms with Gasteiger partial charge >= 0.3 is 0 Å². The maximum Gasteiger partial charge on any atom is 0.299 e. The molecule has 0 spiro atoms. The maximum absolute atomic E-state index is 11.6. The Morgan fingerprint density at radius 3 is 2.81 bits per heavy atom. The van der Waals surface area contributed by atoms with Crippen LogP contribution in [0.5, 0.6) is 0 Å². The summed E-state index contributed by atoms with van der Waals surface area (Å²) in [5.41, 5.74) is 0.254. The Hall–Kier alpha value is -0.370. The van der Waals surface area contributed by atoms with Crippen LogP contribution in [0.4, 0.5) is 5.69 Å². The molecule has 0 unspecified atom stereocenters. The van der Waals surface area contributed by atoms with Crippen LogP contribution in [0.25, 0.3) is 0 Å². The number of pyridine rings is 1. The van der Waals surface area contributed by atoms with E-state index in [1.54, 1.807) is 6.07 Å². The van der Waals surface area contributed by atoms with Crippen molar-refractivity contribution in [2.24, 2.45) is 0 Å². The molecule has 1 aliphatic rings. The van der Waals surface area contributed by atoms with Crippen LogP contribution >= 0.6 is 27.5 Å². The minimum Gasteiger partial charge on any atom is -0.268 e. The second-order valence-corrected chi connectivity index (χ2v) is 6.21. The Balaban J connectivity index is 2.15. The fourth-order valence-electron chi connectivity index (χ4n) is 1.09. The first kappa shape index (κ1) is 12.1. The molecule has 0 radical (unpaired) electrons. The third-order valence-corrected chi connectivity index (χ3v) is 3.82. The summed E-state index contributed by atoms with van der Waals surface area (Å²) in [6.45, 7) is 0. The third-order valence-electron chi connectivity index (χ3n) is 1.95. The molecule has 2 N–H and O–H groups in total. The summed E-state index contributed by atoms with van der Waals surface area (Å²) >= 11 is 8.96. The minimum absolute atomic E-state index is 0.0522. The van der Waals surface area contributed by atoms with Crippen molar-refractivity contribution in [2.75, 3.05) is 4.72 Å². The molecule has 0 saturated heterocycles. The van der Waals surface area contributed by atoms with E-state index in [0.29, 0.717) is 4.47 Å². The summed E-state index contributed by atoms with van der Waals surface area (Å²) in [7, 11) is -3.56. The number of hydrogen-bond acceptors (Lipinski definition) is 3. The Morgan fingerprint density at radius 2 is 2.19 bits per heavy atom. The lowest BCUT2D eigenvalue weighted by Crippen LogP contribution is -2.31. The predicted molar refractivity (Wildman–Crippen MR) is 65.6 cm³/mol. The van der Waals surface area contributed by atoms with Crippen molar-refractivity contribution >= 4 is 43.4 Å². The van der Waals surface area contributed by atoms with Crippen molar-refractivity contribution in [1.82, 2.24) is 9.71 Å². The molecule has 0 bridgehead atoms. The van der Waals surface area contributed by atoms with Crippen molar-refractivity contribution in [3.63, 3.8) is 0 Å². The molecule has 0 aromatic carbocycles. The van der Waals surface area contributed by atoms with Gasteiger partial charge in [0.15, 0.2) is 5.15 Å². The van der Waals surface area contributed by atoms with Crippen molar-refractivity contribution in [3.8, 4) is 0 Å². The minimum atomic E-state index is -3.56. The highest BCUT2D eigenvalue weighted by Gasteiger charge is 2.27. The topological polar surface area (TPSA) is 71.1 Å². The monoisotopic (exact) mass is 325 g/mol. The van der Waals surface area contributed by atoms with E-state index in [0.717, 1.165) is 12.8 Å². The summed E-state index contributed by atoms with van der Waals surface area (Å²) in [5.74, 6) is 0. The van der Waals surface area contributed by atoms with Gasteiger partial charge in [0.1, 0.15) is 0 Å². The number of nitrogens with zero attached hydrogens (tertiary/aromatic N) is 1. The van der Waals surface area contributed by atoms with Gasteiger partial charge in [-0.3, -0.25) is 4.72 Å². The van der Waals surface area contributed by atoms with E-state index in [1.807, 2.05) is 0 Å². The Labute approximate surface area is 107 Å². The molecular formula is C8H9BrClN3O2S. The van der Waals surface area contributed by atoms with E-state index >= 15 is 0 Å². The SMILES string of the molecule is O=S(=O)(Nc1cc(Br)cnc1Cl)NC1CC1. The van der Waals surface area contributed by atoms with E-state index in [4.69, 9.17) is 11.6 Å². The van der Waals surface area contributed by atoms with Crippen LogP contribution in [0, 0.1) is 0 Å². The average Bonchev–Trinajstić information content (AvgIpc) is 2.94. The molecule has 0 atom stereocenters. The van der Waals surface area contributed by atoms with Gasteiger partial charge in [0.05, 0.1) is 5.69 Å². The molecule has 8 heteroatoms. The quantitative estimate of drug-likeness (QED) is 0.830. The van der Waals surface area contributed by atoms with Crippen molar-refractivity contribution in [1.29, 1.82) is 0 Å². The molecule has 1 aliphatic carbocycles. The van der Waals surface area contributed by atoms with Gasteiger partial charge in [-0.2, -0.15) is 13.1 Å². The zero-order valence-electron chi connectivity index (χ0n) is 8.07. The largest absolute Gasteiger partial charge is 0.299 e. The summed E-state index contributed by atoms with van der Waals surface area (Å²) < 4.78 is 28.7. The lowest BCUT2D eigenvalue weighted by Gasteiger charge is -2.09. The first-order valence-electron chi connectivity index (χ1n) is 4.57. The van der Waals surface area contributed by atoms with Gasteiger partial charge in [0.25, 0.3) is 10.2 Å². The molecule has 16 heavy (non-hydrogen) atoms. The van der Waals surface area contributed by atoms with E-state index in [-0.39, 0.29) is 16.9 Å². The van der Waals surface area contributed by atoms with Crippen molar-refractivity contribution in [3.05, 3.63) is 21.9 Å². The highest BCUT2D eigenvalue weighted by molar-refractivity contribution is 9.10. The highest BCUT2D eigenvalue weighted by atomic mass is 79.9. The van der Waals surface area contributed by atoms with Crippen LogP contribution in [0.1, 0.15) is 12.8 Å². The summed E-state index contributed by atoms with van der Waals surface area (Å²) in [6.07, 6.45) is 3.26. The lowest BCUT2D eigenvalue weighted by atomic mass is 10.4. The molecule has 1 aromatic heterocycles. The molecule has 2 rings (SSSR count). The number of halogens is 2. The average molecular weight is 327 g/mol. The normalized spacial score (nSPS) is 16.1. The molecule has 1 aromatic rings. The van der Waals surface area contributed by atoms with Gasteiger partial charge in [-0.15, -0.1) is 0 Å². The summed E-state index contributed by atoms with van der Waals surface area (Å²) in [4.78, 5) is 3.82. The van der Waals surface area contributed by atoms with Gasteiger partial charge in [-0.25, -0.2) is 4.98 Å². The van der Waals surface area contributed by atoms with E-state index in [9.17, 15) is 8.42 Å². The van der Waals surface area contributed by atoms with Crippen LogP contribution in [-0.4, -0.2) is 19.4 Å². The number of nitrogens with one attached hydrogen (secondary N) is 2. The summed E-state index contributed by atoms with van der Waals surface area (Å²) in [6, 6.07) is 1.61. The van der Waals surface area contributed by atoms with Crippen molar-refractivity contribution in [2.45, 2.75) is 18.9 Å². The standard InChI is InChI=1S/C8H9BrClN3O2S/c9-5-3-7(8(10)11-4-5)13-16(14,15)12-6-1-2-6/h3-4,6,12-13H,1-2H2.